The Morgan fingerprint density at radius 3 is 2.70 bits per heavy atom. The van der Waals surface area contributed by atoms with E-state index in [4.69, 9.17) is 5.26 Å². The van der Waals surface area contributed by atoms with E-state index in [1.807, 2.05) is 26.8 Å². The standard InChI is InChI=1S/C16H17FN4OS/c1-9(15-10(2)23-11(3)19-15)21(4)16(22)20-14-6-5-12(8-18)7-13(14)17/h5-7,9H,1-4H3,(H,20,22)/t9-/m1/s1. The van der Waals surface area contributed by atoms with Crippen molar-refractivity contribution in [3.8, 4) is 6.07 Å². The predicted octanol–water partition coefficient (Wildman–Crippen LogP) is 4.00. The second-order valence-electron chi connectivity index (χ2n) is 5.20. The number of amides is 2. The van der Waals surface area contributed by atoms with Gasteiger partial charge in [-0.25, -0.2) is 14.2 Å². The van der Waals surface area contributed by atoms with Crippen molar-refractivity contribution in [1.29, 1.82) is 5.26 Å². The number of benzene rings is 1. The first-order valence-electron chi connectivity index (χ1n) is 7.01. The minimum absolute atomic E-state index is 0.0410. The largest absolute Gasteiger partial charge is 0.322 e. The van der Waals surface area contributed by atoms with Gasteiger partial charge in [0, 0.05) is 11.9 Å². The van der Waals surface area contributed by atoms with Gasteiger partial charge in [-0.2, -0.15) is 5.26 Å². The van der Waals surface area contributed by atoms with Crippen LogP contribution in [0.25, 0.3) is 0 Å². The summed E-state index contributed by atoms with van der Waals surface area (Å²) in [5, 5.41) is 12.2. The van der Waals surface area contributed by atoms with E-state index >= 15 is 0 Å². The van der Waals surface area contributed by atoms with Gasteiger partial charge in [0.25, 0.3) is 0 Å². The van der Waals surface area contributed by atoms with Gasteiger partial charge < -0.3 is 10.2 Å². The van der Waals surface area contributed by atoms with E-state index in [0.29, 0.717) is 0 Å². The highest BCUT2D eigenvalue weighted by Gasteiger charge is 2.22. The highest BCUT2D eigenvalue weighted by molar-refractivity contribution is 7.11. The number of nitrogens with zero attached hydrogens (tertiary/aromatic N) is 3. The summed E-state index contributed by atoms with van der Waals surface area (Å²) in [6.07, 6.45) is 0. The third-order valence-corrected chi connectivity index (χ3v) is 4.48. The van der Waals surface area contributed by atoms with Gasteiger partial charge in [-0.15, -0.1) is 11.3 Å². The molecule has 0 bridgehead atoms. The van der Waals surface area contributed by atoms with E-state index in [9.17, 15) is 9.18 Å². The van der Waals surface area contributed by atoms with Gasteiger partial charge in [-0.05, 0) is 39.0 Å². The van der Waals surface area contributed by atoms with Gasteiger partial charge in [0.15, 0.2) is 0 Å². The Morgan fingerprint density at radius 2 is 2.17 bits per heavy atom. The fraction of sp³-hybridized carbons (Fsp3) is 0.312. The molecule has 0 spiro atoms. The minimum Gasteiger partial charge on any atom is -0.319 e. The van der Waals surface area contributed by atoms with Crippen LogP contribution in [-0.2, 0) is 0 Å². The molecule has 1 N–H and O–H groups in total. The Labute approximate surface area is 138 Å². The summed E-state index contributed by atoms with van der Waals surface area (Å²) in [5.41, 5.74) is 1.08. The first kappa shape index (κ1) is 16.9. The molecule has 0 saturated heterocycles. The molecule has 0 unspecified atom stereocenters. The van der Waals surface area contributed by atoms with Gasteiger partial charge in [0.2, 0.25) is 0 Å². The van der Waals surface area contributed by atoms with Crippen LogP contribution in [0.5, 0.6) is 0 Å². The average molecular weight is 332 g/mol. The normalized spacial score (nSPS) is 11.7. The van der Waals surface area contributed by atoms with Gasteiger partial charge >= 0.3 is 6.03 Å². The molecule has 2 rings (SSSR count). The number of aromatic nitrogens is 1. The Morgan fingerprint density at radius 1 is 1.48 bits per heavy atom. The molecule has 0 saturated carbocycles. The van der Waals surface area contributed by atoms with Crippen molar-refractivity contribution in [3.63, 3.8) is 0 Å². The third-order valence-electron chi connectivity index (χ3n) is 3.58. The maximum Gasteiger partial charge on any atom is 0.322 e. The average Bonchev–Trinajstić information content (AvgIpc) is 2.86. The summed E-state index contributed by atoms with van der Waals surface area (Å²) in [6.45, 7) is 5.75. The molecule has 2 aromatic rings. The van der Waals surface area contributed by atoms with Gasteiger partial charge in [-0.3, -0.25) is 0 Å². The van der Waals surface area contributed by atoms with Crippen molar-refractivity contribution in [2.24, 2.45) is 0 Å². The smallest absolute Gasteiger partial charge is 0.319 e. The number of nitriles is 1. The van der Waals surface area contributed by atoms with Crippen molar-refractivity contribution in [1.82, 2.24) is 9.88 Å². The molecule has 0 aliphatic rings. The molecular formula is C16H17FN4OS. The molecule has 1 atom stereocenters. The topological polar surface area (TPSA) is 69.0 Å². The number of thiazole rings is 1. The zero-order valence-electron chi connectivity index (χ0n) is 13.3. The van der Waals surface area contributed by atoms with E-state index in [1.165, 1.54) is 17.0 Å². The second-order valence-corrected chi connectivity index (χ2v) is 6.61. The van der Waals surface area contributed by atoms with Gasteiger partial charge in [0.05, 0.1) is 34.1 Å². The number of hydrogen-bond acceptors (Lipinski definition) is 4. The lowest BCUT2D eigenvalue weighted by Crippen LogP contribution is -2.34. The van der Waals surface area contributed by atoms with Crippen LogP contribution in [0.3, 0.4) is 0 Å². The summed E-state index contributed by atoms with van der Waals surface area (Å²) in [4.78, 5) is 19.3. The van der Waals surface area contributed by atoms with Crippen molar-refractivity contribution >= 4 is 23.1 Å². The molecule has 120 valence electrons. The molecule has 0 fully saturated rings. The maximum atomic E-state index is 13.9. The number of carbonyl (C=O) groups is 1. The van der Waals surface area contributed by atoms with Crippen molar-refractivity contribution in [3.05, 3.63) is 45.2 Å². The van der Waals surface area contributed by atoms with E-state index in [0.717, 1.165) is 21.6 Å². The minimum atomic E-state index is -0.640. The number of aryl methyl sites for hydroxylation is 2. The second kappa shape index (κ2) is 6.75. The van der Waals surface area contributed by atoms with E-state index < -0.39 is 11.8 Å². The number of rotatable bonds is 3. The molecule has 1 heterocycles. The number of hydrogen-bond donors (Lipinski definition) is 1. The number of carbonyl (C=O) groups excluding carboxylic acids is 1. The van der Waals surface area contributed by atoms with Crippen molar-refractivity contribution < 1.29 is 9.18 Å². The van der Waals surface area contributed by atoms with Crippen LogP contribution in [0, 0.1) is 31.0 Å². The van der Waals surface area contributed by atoms with Gasteiger partial charge in [-0.1, -0.05) is 0 Å². The molecule has 5 nitrogen and oxygen atoms in total. The van der Waals surface area contributed by atoms with Crippen molar-refractivity contribution in [2.45, 2.75) is 26.8 Å². The molecule has 0 radical (unpaired) electrons. The lowest BCUT2D eigenvalue weighted by atomic mass is 10.2. The summed E-state index contributed by atoms with van der Waals surface area (Å²) in [6, 6.07) is 5.10. The highest BCUT2D eigenvalue weighted by Crippen LogP contribution is 2.26. The number of anilines is 1. The third kappa shape index (κ3) is 3.66. The number of halogens is 1. The number of urea groups is 1. The molecule has 0 aliphatic carbocycles. The van der Waals surface area contributed by atoms with E-state index in [2.05, 4.69) is 10.3 Å². The molecule has 23 heavy (non-hydrogen) atoms. The Balaban J connectivity index is 2.14. The summed E-state index contributed by atoms with van der Waals surface area (Å²) in [7, 11) is 1.63. The summed E-state index contributed by atoms with van der Waals surface area (Å²) in [5.74, 6) is -0.640. The van der Waals surface area contributed by atoms with Crippen LogP contribution >= 0.6 is 11.3 Å². The van der Waals surface area contributed by atoms with E-state index in [-0.39, 0.29) is 17.3 Å². The van der Waals surface area contributed by atoms with Crippen LogP contribution in [0.1, 0.15) is 34.1 Å². The molecule has 2 amide bonds. The first-order valence-corrected chi connectivity index (χ1v) is 7.82. The van der Waals surface area contributed by atoms with Gasteiger partial charge in [0.1, 0.15) is 5.82 Å². The van der Waals surface area contributed by atoms with Crippen LogP contribution in [0.15, 0.2) is 18.2 Å². The highest BCUT2D eigenvalue weighted by atomic mass is 32.1. The van der Waals surface area contributed by atoms with Crippen LogP contribution < -0.4 is 5.32 Å². The maximum absolute atomic E-state index is 13.9. The van der Waals surface area contributed by atoms with Crippen LogP contribution in [0.2, 0.25) is 0 Å². The Hall–Kier alpha value is -2.46. The van der Waals surface area contributed by atoms with Crippen molar-refractivity contribution in [2.75, 3.05) is 12.4 Å². The fourth-order valence-corrected chi connectivity index (χ4v) is 3.09. The Bertz CT molecular complexity index is 781. The molecule has 1 aromatic heterocycles. The quantitative estimate of drug-likeness (QED) is 0.924. The molecule has 1 aromatic carbocycles. The zero-order chi connectivity index (χ0) is 17.1. The predicted molar refractivity (Wildman–Crippen MR) is 87.9 cm³/mol. The fourth-order valence-electron chi connectivity index (χ4n) is 2.18. The van der Waals surface area contributed by atoms with Crippen LogP contribution in [-0.4, -0.2) is 23.0 Å². The SMILES string of the molecule is Cc1nc([C@@H](C)N(C)C(=O)Nc2ccc(C#N)cc2F)c(C)s1. The van der Waals surface area contributed by atoms with E-state index in [1.54, 1.807) is 18.4 Å². The summed E-state index contributed by atoms with van der Waals surface area (Å²) < 4.78 is 13.9. The summed E-state index contributed by atoms with van der Waals surface area (Å²) >= 11 is 1.58. The lowest BCUT2D eigenvalue weighted by molar-refractivity contribution is 0.207. The van der Waals surface area contributed by atoms with Crippen LogP contribution in [0.4, 0.5) is 14.9 Å². The molecule has 0 aliphatic heterocycles. The Kier molecular flexibility index (Phi) is 4.96. The monoisotopic (exact) mass is 332 g/mol. The molecule has 7 heteroatoms. The zero-order valence-corrected chi connectivity index (χ0v) is 14.2. The molecular weight excluding hydrogens is 315 g/mol. The first-order chi connectivity index (χ1) is 10.8. The lowest BCUT2D eigenvalue weighted by Gasteiger charge is -2.24. The number of nitrogens with one attached hydrogen (secondary N) is 1.